The van der Waals surface area contributed by atoms with Crippen molar-refractivity contribution in [3.8, 4) is 0 Å². The van der Waals surface area contributed by atoms with Gasteiger partial charge in [0.15, 0.2) is 0 Å². The Morgan fingerprint density at radius 3 is 2.60 bits per heavy atom. The van der Waals surface area contributed by atoms with Gasteiger partial charge in [-0.1, -0.05) is 6.07 Å². The molecule has 1 heterocycles. The summed E-state index contributed by atoms with van der Waals surface area (Å²) in [6.07, 6.45) is -0.666. The third kappa shape index (κ3) is 2.91. The van der Waals surface area contributed by atoms with E-state index in [4.69, 9.17) is 5.73 Å². The van der Waals surface area contributed by atoms with Crippen LogP contribution in [0.4, 0.5) is 5.82 Å². The van der Waals surface area contributed by atoms with Gasteiger partial charge < -0.3 is 15.7 Å². The normalized spacial score (nSPS) is 12.5. The third-order valence-electron chi connectivity index (χ3n) is 2.41. The molecule has 0 amide bonds. The molecule has 0 aromatic carbocycles. The van der Waals surface area contributed by atoms with Crippen molar-refractivity contribution in [3.63, 3.8) is 0 Å². The van der Waals surface area contributed by atoms with Crippen molar-refractivity contribution < 1.29 is 5.11 Å². The van der Waals surface area contributed by atoms with E-state index >= 15 is 0 Å². The molecule has 0 saturated heterocycles. The van der Waals surface area contributed by atoms with Crippen LogP contribution in [-0.2, 0) is 0 Å². The van der Waals surface area contributed by atoms with Crippen LogP contribution in [0.15, 0.2) is 18.2 Å². The van der Waals surface area contributed by atoms with Gasteiger partial charge in [0.1, 0.15) is 11.9 Å². The van der Waals surface area contributed by atoms with Crippen LogP contribution in [0.25, 0.3) is 0 Å². The summed E-state index contributed by atoms with van der Waals surface area (Å²) in [7, 11) is 0. The lowest BCUT2D eigenvalue weighted by molar-refractivity contribution is 0.182. The molecule has 0 fully saturated rings. The van der Waals surface area contributed by atoms with Gasteiger partial charge in [-0.25, -0.2) is 4.98 Å². The van der Waals surface area contributed by atoms with Gasteiger partial charge in [0.2, 0.25) is 0 Å². The van der Waals surface area contributed by atoms with E-state index in [0.29, 0.717) is 5.69 Å². The van der Waals surface area contributed by atoms with Gasteiger partial charge in [0, 0.05) is 19.6 Å². The Bertz CT molecular complexity index is 300. The Hall–Kier alpha value is -1.13. The van der Waals surface area contributed by atoms with Gasteiger partial charge in [0.25, 0.3) is 0 Å². The molecule has 4 heteroatoms. The second kappa shape index (κ2) is 5.68. The number of rotatable bonds is 5. The summed E-state index contributed by atoms with van der Waals surface area (Å²) in [6, 6.07) is 5.64. The van der Waals surface area contributed by atoms with Gasteiger partial charge in [-0.05, 0) is 26.0 Å². The van der Waals surface area contributed by atoms with E-state index in [1.807, 2.05) is 12.1 Å². The fourth-order valence-corrected chi connectivity index (χ4v) is 1.47. The Morgan fingerprint density at radius 1 is 1.40 bits per heavy atom. The van der Waals surface area contributed by atoms with Crippen LogP contribution in [0.2, 0.25) is 0 Å². The first-order valence-corrected chi connectivity index (χ1v) is 5.32. The predicted molar refractivity (Wildman–Crippen MR) is 61.8 cm³/mol. The highest BCUT2D eigenvalue weighted by atomic mass is 16.3. The van der Waals surface area contributed by atoms with Crippen molar-refractivity contribution in [3.05, 3.63) is 23.9 Å². The van der Waals surface area contributed by atoms with Crippen molar-refractivity contribution in [1.82, 2.24) is 4.98 Å². The molecule has 1 aromatic heterocycles. The highest BCUT2D eigenvalue weighted by Gasteiger charge is 2.09. The minimum Gasteiger partial charge on any atom is -0.385 e. The number of hydrogen-bond donors (Lipinski definition) is 2. The summed E-state index contributed by atoms with van der Waals surface area (Å²) in [4.78, 5) is 6.51. The SMILES string of the molecule is CCN(CC)c1cccc(C(O)CN)n1. The lowest BCUT2D eigenvalue weighted by Gasteiger charge is -2.20. The molecule has 0 aliphatic heterocycles. The molecule has 0 aliphatic rings. The summed E-state index contributed by atoms with van der Waals surface area (Å²) in [5.74, 6) is 0.894. The molecule has 4 nitrogen and oxygen atoms in total. The monoisotopic (exact) mass is 209 g/mol. The second-order valence-corrected chi connectivity index (χ2v) is 3.34. The van der Waals surface area contributed by atoms with Crippen molar-refractivity contribution in [1.29, 1.82) is 0 Å². The first-order valence-electron chi connectivity index (χ1n) is 5.32. The summed E-state index contributed by atoms with van der Waals surface area (Å²) in [5.41, 5.74) is 6.03. The van der Waals surface area contributed by atoms with Gasteiger partial charge >= 0.3 is 0 Å². The maximum Gasteiger partial charge on any atom is 0.128 e. The molecule has 0 radical (unpaired) electrons. The van der Waals surface area contributed by atoms with E-state index in [1.165, 1.54) is 0 Å². The van der Waals surface area contributed by atoms with Gasteiger partial charge in [-0.2, -0.15) is 0 Å². The van der Waals surface area contributed by atoms with E-state index in [1.54, 1.807) is 6.07 Å². The first-order chi connectivity index (χ1) is 7.22. The molecule has 0 aliphatic carbocycles. The predicted octanol–water partition coefficient (Wildman–Crippen LogP) is 0.920. The van der Waals surface area contributed by atoms with Crippen molar-refractivity contribution in [2.75, 3.05) is 24.5 Å². The van der Waals surface area contributed by atoms with E-state index in [9.17, 15) is 5.11 Å². The lowest BCUT2D eigenvalue weighted by Crippen LogP contribution is -2.24. The Morgan fingerprint density at radius 2 is 2.07 bits per heavy atom. The molecule has 15 heavy (non-hydrogen) atoms. The highest BCUT2D eigenvalue weighted by Crippen LogP contribution is 2.15. The Labute approximate surface area is 90.7 Å². The zero-order chi connectivity index (χ0) is 11.3. The van der Waals surface area contributed by atoms with Gasteiger partial charge in [-0.3, -0.25) is 0 Å². The fourth-order valence-electron chi connectivity index (χ4n) is 1.47. The van der Waals surface area contributed by atoms with Crippen molar-refractivity contribution in [2.24, 2.45) is 5.73 Å². The molecule has 3 N–H and O–H groups in total. The highest BCUT2D eigenvalue weighted by molar-refractivity contribution is 5.39. The van der Waals surface area contributed by atoms with E-state index < -0.39 is 6.10 Å². The first kappa shape index (κ1) is 11.9. The zero-order valence-corrected chi connectivity index (χ0v) is 9.35. The number of pyridine rings is 1. The van der Waals surface area contributed by atoms with E-state index in [-0.39, 0.29) is 6.54 Å². The molecule has 1 aromatic rings. The zero-order valence-electron chi connectivity index (χ0n) is 9.35. The van der Waals surface area contributed by atoms with Crippen LogP contribution in [0.5, 0.6) is 0 Å². The Kier molecular flexibility index (Phi) is 4.52. The van der Waals surface area contributed by atoms with Crippen LogP contribution in [0, 0.1) is 0 Å². The van der Waals surface area contributed by atoms with Crippen LogP contribution in [0.3, 0.4) is 0 Å². The Balaban J connectivity index is 2.91. The quantitative estimate of drug-likeness (QED) is 0.757. The molecule has 1 rings (SSSR count). The van der Waals surface area contributed by atoms with Gasteiger partial charge in [0.05, 0.1) is 5.69 Å². The number of aliphatic hydroxyl groups is 1. The maximum absolute atomic E-state index is 9.57. The molecule has 1 atom stereocenters. The number of aliphatic hydroxyl groups excluding tert-OH is 1. The number of nitrogens with two attached hydrogens (primary N) is 1. The lowest BCUT2D eigenvalue weighted by atomic mass is 10.2. The molecule has 84 valence electrons. The standard InChI is InChI=1S/C11H19N3O/c1-3-14(4-2)11-7-5-6-9(13-11)10(15)8-12/h5-7,10,15H,3-4,8,12H2,1-2H3. The minimum absolute atomic E-state index is 0.203. The van der Waals surface area contributed by atoms with Crippen molar-refractivity contribution >= 4 is 5.82 Å². The summed E-state index contributed by atoms with van der Waals surface area (Å²) in [6.45, 7) is 6.18. The van der Waals surface area contributed by atoms with Crippen LogP contribution in [0.1, 0.15) is 25.6 Å². The van der Waals surface area contributed by atoms with Crippen LogP contribution < -0.4 is 10.6 Å². The van der Waals surface area contributed by atoms with Crippen molar-refractivity contribution in [2.45, 2.75) is 20.0 Å². The van der Waals surface area contributed by atoms with E-state index in [2.05, 4.69) is 23.7 Å². The average molecular weight is 209 g/mol. The molecular weight excluding hydrogens is 190 g/mol. The number of aromatic nitrogens is 1. The van der Waals surface area contributed by atoms with E-state index in [0.717, 1.165) is 18.9 Å². The number of nitrogens with zero attached hydrogens (tertiary/aromatic N) is 2. The number of hydrogen-bond acceptors (Lipinski definition) is 4. The average Bonchev–Trinajstić information content (AvgIpc) is 2.30. The maximum atomic E-state index is 9.57. The molecule has 0 saturated carbocycles. The molecule has 1 unspecified atom stereocenters. The molecule has 0 bridgehead atoms. The summed E-state index contributed by atoms with van der Waals surface area (Å²) < 4.78 is 0. The smallest absolute Gasteiger partial charge is 0.128 e. The topological polar surface area (TPSA) is 62.4 Å². The largest absolute Gasteiger partial charge is 0.385 e. The fraction of sp³-hybridized carbons (Fsp3) is 0.545. The van der Waals surface area contributed by atoms with Crippen LogP contribution in [-0.4, -0.2) is 29.7 Å². The third-order valence-corrected chi connectivity index (χ3v) is 2.41. The van der Waals surface area contributed by atoms with Gasteiger partial charge in [-0.15, -0.1) is 0 Å². The minimum atomic E-state index is -0.666. The number of anilines is 1. The summed E-state index contributed by atoms with van der Waals surface area (Å²) >= 11 is 0. The summed E-state index contributed by atoms with van der Waals surface area (Å²) in [5, 5.41) is 9.57. The van der Waals surface area contributed by atoms with Crippen LogP contribution >= 0.6 is 0 Å². The molecular formula is C11H19N3O. The molecule has 0 spiro atoms. The second-order valence-electron chi connectivity index (χ2n) is 3.34.